The average Bonchev–Trinajstić information content (AvgIpc) is 2.46. The first-order chi connectivity index (χ1) is 9.49. The first-order valence-electron chi connectivity index (χ1n) is 6.66. The van der Waals surface area contributed by atoms with Crippen LogP contribution in [0.3, 0.4) is 0 Å². The third kappa shape index (κ3) is 4.26. The van der Waals surface area contributed by atoms with Crippen molar-refractivity contribution in [3.8, 4) is 5.75 Å². The second kappa shape index (κ2) is 7.53. The molecule has 5 heteroatoms. The standard InChI is InChI=1S/C15H21NO4/c1-4-11(2)16(10-9-14(17)18)15(19)12-5-7-13(20-3)8-6-12/h5-8,11H,4,9-10H2,1-3H3,(H,17,18). The van der Waals surface area contributed by atoms with E-state index < -0.39 is 5.97 Å². The van der Waals surface area contributed by atoms with Gasteiger partial charge in [0.25, 0.3) is 5.91 Å². The zero-order valence-electron chi connectivity index (χ0n) is 12.1. The van der Waals surface area contributed by atoms with Crippen molar-refractivity contribution in [3.63, 3.8) is 0 Å². The van der Waals surface area contributed by atoms with Gasteiger partial charge in [0.1, 0.15) is 5.75 Å². The van der Waals surface area contributed by atoms with Crippen molar-refractivity contribution in [3.05, 3.63) is 29.8 Å². The van der Waals surface area contributed by atoms with E-state index in [1.165, 1.54) is 0 Å². The Hall–Kier alpha value is -2.04. The summed E-state index contributed by atoms with van der Waals surface area (Å²) in [7, 11) is 1.56. The van der Waals surface area contributed by atoms with Crippen LogP contribution in [0.5, 0.6) is 5.75 Å². The van der Waals surface area contributed by atoms with Gasteiger partial charge in [-0.1, -0.05) is 6.92 Å². The molecule has 1 atom stereocenters. The Morgan fingerprint density at radius 2 is 1.90 bits per heavy atom. The third-order valence-electron chi connectivity index (χ3n) is 3.29. The Morgan fingerprint density at radius 1 is 1.30 bits per heavy atom. The zero-order valence-corrected chi connectivity index (χ0v) is 12.1. The molecule has 0 bridgehead atoms. The zero-order chi connectivity index (χ0) is 15.1. The van der Waals surface area contributed by atoms with Crippen LogP contribution in [0.15, 0.2) is 24.3 Å². The molecule has 0 aliphatic heterocycles. The van der Waals surface area contributed by atoms with Crippen LogP contribution in [0.2, 0.25) is 0 Å². The van der Waals surface area contributed by atoms with Crippen molar-refractivity contribution in [2.24, 2.45) is 0 Å². The van der Waals surface area contributed by atoms with Gasteiger partial charge < -0.3 is 14.7 Å². The van der Waals surface area contributed by atoms with E-state index in [4.69, 9.17) is 9.84 Å². The normalized spacial score (nSPS) is 11.8. The van der Waals surface area contributed by atoms with Gasteiger partial charge in [-0.2, -0.15) is 0 Å². The number of carboxylic acid groups (broad SMARTS) is 1. The van der Waals surface area contributed by atoms with Crippen LogP contribution < -0.4 is 4.74 Å². The van der Waals surface area contributed by atoms with Crippen LogP contribution in [-0.2, 0) is 4.79 Å². The maximum atomic E-state index is 12.4. The van der Waals surface area contributed by atoms with Crippen LogP contribution in [0.4, 0.5) is 0 Å². The second-order valence-electron chi connectivity index (χ2n) is 4.63. The van der Waals surface area contributed by atoms with Crippen molar-refractivity contribution in [2.45, 2.75) is 32.7 Å². The molecular weight excluding hydrogens is 258 g/mol. The lowest BCUT2D eigenvalue weighted by atomic mass is 10.1. The fraction of sp³-hybridized carbons (Fsp3) is 0.467. The molecular formula is C15H21NO4. The number of carboxylic acids is 1. The molecule has 110 valence electrons. The lowest BCUT2D eigenvalue weighted by molar-refractivity contribution is -0.137. The van der Waals surface area contributed by atoms with Gasteiger partial charge in [0.15, 0.2) is 0 Å². The maximum absolute atomic E-state index is 12.4. The number of nitrogens with zero attached hydrogens (tertiary/aromatic N) is 1. The topological polar surface area (TPSA) is 66.8 Å². The summed E-state index contributed by atoms with van der Waals surface area (Å²) in [6, 6.07) is 6.83. The molecule has 0 aliphatic carbocycles. The van der Waals surface area contributed by atoms with Crippen LogP contribution in [0, 0.1) is 0 Å². The number of amides is 1. The molecule has 20 heavy (non-hydrogen) atoms. The summed E-state index contributed by atoms with van der Waals surface area (Å²) in [6.45, 7) is 4.11. The Labute approximate surface area is 119 Å². The number of aliphatic carboxylic acids is 1. The van der Waals surface area contributed by atoms with E-state index in [2.05, 4.69) is 0 Å². The maximum Gasteiger partial charge on any atom is 0.305 e. The monoisotopic (exact) mass is 279 g/mol. The minimum absolute atomic E-state index is 0.00366. The highest BCUT2D eigenvalue weighted by molar-refractivity contribution is 5.94. The summed E-state index contributed by atoms with van der Waals surface area (Å²) < 4.78 is 5.05. The van der Waals surface area contributed by atoms with Gasteiger partial charge in [-0.3, -0.25) is 9.59 Å². The van der Waals surface area contributed by atoms with Crippen LogP contribution in [0.25, 0.3) is 0 Å². The summed E-state index contributed by atoms with van der Waals surface area (Å²) >= 11 is 0. The average molecular weight is 279 g/mol. The van der Waals surface area contributed by atoms with E-state index in [0.29, 0.717) is 11.3 Å². The smallest absolute Gasteiger partial charge is 0.305 e. The van der Waals surface area contributed by atoms with Gasteiger partial charge in [0, 0.05) is 18.2 Å². The minimum atomic E-state index is -0.902. The quantitative estimate of drug-likeness (QED) is 0.832. The molecule has 1 unspecified atom stereocenters. The molecule has 0 heterocycles. The SMILES string of the molecule is CCC(C)N(CCC(=O)O)C(=O)c1ccc(OC)cc1. The first-order valence-corrected chi connectivity index (χ1v) is 6.66. The van der Waals surface area contributed by atoms with Crippen LogP contribution in [-0.4, -0.2) is 41.6 Å². The Bertz CT molecular complexity index is 455. The van der Waals surface area contributed by atoms with Gasteiger partial charge in [-0.25, -0.2) is 0 Å². The Balaban J connectivity index is 2.87. The van der Waals surface area contributed by atoms with Crippen LogP contribution in [0.1, 0.15) is 37.0 Å². The van der Waals surface area contributed by atoms with E-state index >= 15 is 0 Å². The molecule has 1 N–H and O–H groups in total. The second-order valence-corrected chi connectivity index (χ2v) is 4.63. The summed E-state index contributed by atoms with van der Waals surface area (Å²) in [6.07, 6.45) is 0.730. The number of methoxy groups -OCH3 is 1. The highest BCUT2D eigenvalue weighted by Gasteiger charge is 2.21. The lowest BCUT2D eigenvalue weighted by Gasteiger charge is -2.28. The van der Waals surface area contributed by atoms with Gasteiger partial charge >= 0.3 is 5.97 Å². The first kappa shape index (κ1) is 16.0. The van der Waals surface area contributed by atoms with E-state index in [-0.39, 0.29) is 24.9 Å². The molecule has 1 aromatic rings. The summed E-state index contributed by atoms with van der Waals surface area (Å²) in [5.74, 6) is -0.369. The van der Waals surface area contributed by atoms with Crippen molar-refractivity contribution < 1.29 is 19.4 Å². The minimum Gasteiger partial charge on any atom is -0.497 e. The van der Waals surface area contributed by atoms with E-state index in [1.807, 2.05) is 13.8 Å². The molecule has 0 radical (unpaired) electrons. The largest absolute Gasteiger partial charge is 0.497 e. The highest BCUT2D eigenvalue weighted by Crippen LogP contribution is 2.15. The van der Waals surface area contributed by atoms with Crippen molar-refractivity contribution in [2.75, 3.05) is 13.7 Å². The van der Waals surface area contributed by atoms with Crippen molar-refractivity contribution in [1.29, 1.82) is 0 Å². The molecule has 1 aromatic carbocycles. The molecule has 1 amide bonds. The molecule has 5 nitrogen and oxygen atoms in total. The lowest BCUT2D eigenvalue weighted by Crippen LogP contribution is -2.39. The predicted molar refractivity (Wildman–Crippen MR) is 76.0 cm³/mol. The number of carbonyl (C=O) groups is 2. The fourth-order valence-corrected chi connectivity index (χ4v) is 1.86. The van der Waals surface area contributed by atoms with E-state index in [1.54, 1.807) is 36.3 Å². The molecule has 0 saturated heterocycles. The number of hydrogen-bond donors (Lipinski definition) is 1. The fourth-order valence-electron chi connectivity index (χ4n) is 1.86. The summed E-state index contributed by atoms with van der Waals surface area (Å²) in [5, 5.41) is 8.78. The van der Waals surface area contributed by atoms with Gasteiger partial charge in [-0.15, -0.1) is 0 Å². The van der Waals surface area contributed by atoms with Crippen molar-refractivity contribution >= 4 is 11.9 Å². The van der Waals surface area contributed by atoms with Crippen molar-refractivity contribution in [1.82, 2.24) is 4.90 Å². The number of ether oxygens (including phenoxy) is 1. The third-order valence-corrected chi connectivity index (χ3v) is 3.29. The van der Waals surface area contributed by atoms with Gasteiger partial charge in [0.2, 0.25) is 0 Å². The molecule has 0 saturated carbocycles. The Kier molecular flexibility index (Phi) is 6.03. The molecule has 0 aromatic heterocycles. The number of carbonyl (C=O) groups excluding carboxylic acids is 1. The van der Waals surface area contributed by atoms with E-state index in [0.717, 1.165) is 6.42 Å². The predicted octanol–water partition coefficient (Wildman–Crippen LogP) is 2.41. The van der Waals surface area contributed by atoms with Crippen LogP contribution >= 0.6 is 0 Å². The number of hydrogen-bond acceptors (Lipinski definition) is 3. The van der Waals surface area contributed by atoms with E-state index in [9.17, 15) is 9.59 Å². The highest BCUT2D eigenvalue weighted by atomic mass is 16.5. The number of rotatable bonds is 7. The summed E-state index contributed by atoms with van der Waals surface area (Å²) in [5.41, 5.74) is 0.538. The summed E-state index contributed by atoms with van der Waals surface area (Å²) in [4.78, 5) is 24.8. The van der Waals surface area contributed by atoms with Gasteiger partial charge in [0.05, 0.1) is 13.5 Å². The Morgan fingerprint density at radius 3 is 2.35 bits per heavy atom. The molecule has 0 fully saturated rings. The number of benzene rings is 1. The molecule has 0 spiro atoms. The molecule has 1 rings (SSSR count). The molecule has 0 aliphatic rings. The van der Waals surface area contributed by atoms with Gasteiger partial charge in [-0.05, 0) is 37.6 Å².